The van der Waals surface area contributed by atoms with Gasteiger partial charge in [0.2, 0.25) is 0 Å². The highest BCUT2D eigenvalue weighted by molar-refractivity contribution is 7.98. The van der Waals surface area contributed by atoms with E-state index in [1.165, 1.54) is 25.7 Å². The Labute approximate surface area is 207 Å². The van der Waals surface area contributed by atoms with Crippen molar-refractivity contribution in [3.05, 3.63) is 105 Å². The number of para-hydroxylation sites is 2. The van der Waals surface area contributed by atoms with Crippen LogP contribution in [-0.2, 0) is 11.5 Å². The smallest absolute Gasteiger partial charge is 0.271 e. The Bertz CT molecular complexity index is 1160. The first kappa shape index (κ1) is 24.3. The Kier molecular flexibility index (Phi) is 8.98. The molecule has 2 aromatic heterocycles. The lowest BCUT2D eigenvalue weighted by atomic mass is 10.2. The maximum absolute atomic E-state index is 12.2. The number of H-pyrrole nitrogens is 2. The predicted octanol–water partition coefficient (Wildman–Crippen LogP) is 5.37. The summed E-state index contributed by atoms with van der Waals surface area (Å²) >= 11 is 3.73. The molecule has 0 unspecified atom stereocenters. The number of aromatic nitrogens is 4. The standard InChI is InChI=1S/C26H30N4O2S2/c31-25-17-21(27-29(25)23-11-5-3-6-12-23)19-33-15-9-1-2-10-16-34-20-22-18-26(32)30(28-22)24-13-7-4-8-14-24/h3-8,11-14,17-18,27-28H,1-2,9-10,15-16,19-20H2. The highest BCUT2D eigenvalue weighted by Crippen LogP contribution is 2.16. The molecule has 0 spiro atoms. The fourth-order valence-corrected chi connectivity index (χ4v) is 5.54. The van der Waals surface area contributed by atoms with E-state index in [2.05, 4.69) is 10.2 Å². The summed E-state index contributed by atoms with van der Waals surface area (Å²) in [4.78, 5) is 24.4. The van der Waals surface area contributed by atoms with E-state index >= 15 is 0 Å². The monoisotopic (exact) mass is 494 g/mol. The first-order valence-corrected chi connectivity index (χ1v) is 13.9. The molecule has 0 atom stereocenters. The highest BCUT2D eigenvalue weighted by Gasteiger charge is 2.06. The number of nitrogens with one attached hydrogen (secondary N) is 2. The zero-order valence-corrected chi connectivity index (χ0v) is 20.7. The van der Waals surface area contributed by atoms with Crippen molar-refractivity contribution in [1.29, 1.82) is 0 Å². The molecule has 4 rings (SSSR count). The van der Waals surface area contributed by atoms with Crippen LogP contribution in [0.3, 0.4) is 0 Å². The van der Waals surface area contributed by atoms with E-state index in [0.717, 1.165) is 45.8 Å². The van der Waals surface area contributed by atoms with E-state index in [-0.39, 0.29) is 11.1 Å². The summed E-state index contributed by atoms with van der Waals surface area (Å²) in [5, 5.41) is 6.42. The molecule has 0 aliphatic heterocycles. The van der Waals surface area contributed by atoms with E-state index < -0.39 is 0 Å². The summed E-state index contributed by atoms with van der Waals surface area (Å²) in [7, 11) is 0. The minimum atomic E-state index is -0.0139. The van der Waals surface area contributed by atoms with Gasteiger partial charge in [0, 0.05) is 35.0 Å². The van der Waals surface area contributed by atoms with Gasteiger partial charge in [-0.1, -0.05) is 49.2 Å². The summed E-state index contributed by atoms with van der Waals surface area (Å²) < 4.78 is 3.19. The average Bonchev–Trinajstić information content (AvgIpc) is 3.43. The molecule has 0 bridgehead atoms. The molecule has 178 valence electrons. The van der Waals surface area contributed by atoms with Gasteiger partial charge in [0.15, 0.2) is 0 Å². The predicted molar refractivity (Wildman–Crippen MR) is 144 cm³/mol. The van der Waals surface area contributed by atoms with E-state index in [9.17, 15) is 9.59 Å². The zero-order chi connectivity index (χ0) is 23.6. The molecule has 6 nitrogen and oxygen atoms in total. The molecule has 8 heteroatoms. The number of thioether (sulfide) groups is 2. The number of rotatable bonds is 13. The zero-order valence-electron chi connectivity index (χ0n) is 19.1. The van der Waals surface area contributed by atoms with Gasteiger partial charge in [-0.15, -0.1) is 0 Å². The first-order chi connectivity index (χ1) is 16.7. The fourth-order valence-electron chi connectivity index (χ4n) is 3.70. The van der Waals surface area contributed by atoms with Crippen LogP contribution < -0.4 is 11.1 Å². The van der Waals surface area contributed by atoms with Gasteiger partial charge in [-0.2, -0.15) is 23.5 Å². The highest BCUT2D eigenvalue weighted by atomic mass is 32.2. The minimum absolute atomic E-state index is 0.0139. The van der Waals surface area contributed by atoms with Crippen LogP contribution in [0.15, 0.2) is 82.4 Å². The van der Waals surface area contributed by atoms with Gasteiger partial charge >= 0.3 is 0 Å². The molecule has 0 radical (unpaired) electrons. The van der Waals surface area contributed by atoms with Gasteiger partial charge in [-0.3, -0.25) is 19.8 Å². The van der Waals surface area contributed by atoms with Gasteiger partial charge in [-0.25, -0.2) is 9.36 Å². The van der Waals surface area contributed by atoms with Crippen molar-refractivity contribution in [2.24, 2.45) is 0 Å². The number of unbranched alkanes of at least 4 members (excludes halogenated alkanes) is 3. The first-order valence-electron chi connectivity index (χ1n) is 11.6. The third-order valence-corrected chi connectivity index (χ3v) is 7.60. The second-order valence-corrected chi connectivity index (χ2v) is 10.3. The van der Waals surface area contributed by atoms with E-state index in [0.29, 0.717) is 0 Å². The summed E-state index contributed by atoms with van der Waals surface area (Å²) in [5.41, 5.74) is 3.63. The van der Waals surface area contributed by atoms with E-state index in [4.69, 9.17) is 0 Å². The lowest BCUT2D eigenvalue weighted by molar-refractivity contribution is 0.711. The Morgan fingerprint density at radius 1 is 0.588 bits per heavy atom. The number of nitrogens with zero attached hydrogens (tertiary/aromatic N) is 2. The molecular formula is C26H30N4O2S2. The fraction of sp³-hybridized carbons (Fsp3) is 0.308. The number of benzene rings is 2. The lowest BCUT2D eigenvalue weighted by Gasteiger charge is -2.03. The Hall–Kier alpha value is -2.84. The second-order valence-electron chi connectivity index (χ2n) is 8.10. The van der Waals surface area contributed by atoms with Crippen LogP contribution in [0.5, 0.6) is 0 Å². The Morgan fingerprint density at radius 2 is 1.00 bits per heavy atom. The average molecular weight is 495 g/mol. The molecule has 34 heavy (non-hydrogen) atoms. The maximum atomic E-state index is 12.2. The molecule has 0 amide bonds. The van der Waals surface area contributed by atoms with Crippen molar-refractivity contribution in [3.8, 4) is 11.4 Å². The third-order valence-electron chi connectivity index (χ3n) is 5.42. The van der Waals surface area contributed by atoms with Crippen LogP contribution in [0.1, 0.15) is 37.1 Å². The van der Waals surface area contributed by atoms with Crippen LogP contribution in [0.4, 0.5) is 0 Å². The SMILES string of the molecule is O=c1cc(CSCCCCCCSCc2cc(=O)n(-c3ccccc3)[nH]2)[nH]n1-c1ccccc1. The van der Waals surface area contributed by atoms with Crippen LogP contribution >= 0.6 is 23.5 Å². The van der Waals surface area contributed by atoms with Crippen molar-refractivity contribution in [2.45, 2.75) is 37.2 Å². The van der Waals surface area contributed by atoms with Crippen LogP contribution in [-0.4, -0.2) is 31.1 Å². The molecule has 2 N–H and O–H groups in total. The van der Waals surface area contributed by atoms with E-state index in [1.54, 1.807) is 21.5 Å². The van der Waals surface area contributed by atoms with Gasteiger partial charge in [0.25, 0.3) is 11.1 Å². The molecule has 0 fully saturated rings. The van der Waals surface area contributed by atoms with Crippen molar-refractivity contribution >= 4 is 23.5 Å². The molecule has 2 heterocycles. The van der Waals surface area contributed by atoms with Crippen LogP contribution in [0, 0.1) is 0 Å². The Balaban J connectivity index is 1.06. The summed E-state index contributed by atoms with van der Waals surface area (Å²) in [6.45, 7) is 0. The van der Waals surface area contributed by atoms with Gasteiger partial charge < -0.3 is 0 Å². The summed E-state index contributed by atoms with van der Waals surface area (Å²) in [6, 6.07) is 22.7. The molecule has 0 aliphatic rings. The van der Waals surface area contributed by atoms with Crippen molar-refractivity contribution in [3.63, 3.8) is 0 Å². The lowest BCUT2D eigenvalue weighted by Crippen LogP contribution is -2.12. The normalized spacial score (nSPS) is 11.2. The number of hydrogen-bond donors (Lipinski definition) is 2. The number of aromatic amines is 2. The van der Waals surface area contributed by atoms with Crippen LogP contribution in [0.2, 0.25) is 0 Å². The maximum Gasteiger partial charge on any atom is 0.271 e. The molecule has 0 saturated heterocycles. The van der Waals surface area contributed by atoms with Gasteiger partial charge in [0.05, 0.1) is 11.4 Å². The second kappa shape index (κ2) is 12.6. The van der Waals surface area contributed by atoms with Gasteiger partial charge in [0.1, 0.15) is 0 Å². The quantitative estimate of drug-likeness (QED) is 0.245. The summed E-state index contributed by atoms with van der Waals surface area (Å²) in [6.07, 6.45) is 4.81. The van der Waals surface area contributed by atoms with Crippen molar-refractivity contribution in [1.82, 2.24) is 19.6 Å². The topological polar surface area (TPSA) is 75.6 Å². The number of hydrogen-bond acceptors (Lipinski definition) is 4. The molecule has 2 aromatic carbocycles. The molecule has 4 aromatic rings. The van der Waals surface area contributed by atoms with Gasteiger partial charge in [-0.05, 0) is 48.6 Å². The Morgan fingerprint density at radius 3 is 1.41 bits per heavy atom. The molecule has 0 aliphatic carbocycles. The van der Waals surface area contributed by atoms with Crippen molar-refractivity contribution in [2.75, 3.05) is 11.5 Å². The molecule has 0 saturated carbocycles. The van der Waals surface area contributed by atoms with E-state index in [1.807, 2.05) is 84.2 Å². The summed E-state index contributed by atoms with van der Waals surface area (Å²) in [5.74, 6) is 3.84. The molecular weight excluding hydrogens is 464 g/mol. The minimum Gasteiger partial charge on any atom is -0.294 e. The van der Waals surface area contributed by atoms with Crippen molar-refractivity contribution < 1.29 is 0 Å². The third kappa shape index (κ3) is 6.84. The van der Waals surface area contributed by atoms with Crippen LogP contribution in [0.25, 0.3) is 11.4 Å². The largest absolute Gasteiger partial charge is 0.294 e.